The minimum absolute atomic E-state index is 0.261. The monoisotopic (exact) mass is 285 g/mol. The molecule has 0 aliphatic heterocycles. The third-order valence-electron chi connectivity index (χ3n) is 3.20. The van der Waals surface area contributed by atoms with Gasteiger partial charge in [-0.15, -0.1) is 0 Å². The van der Waals surface area contributed by atoms with E-state index in [9.17, 15) is 4.39 Å². The van der Waals surface area contributed by atoms with Crippen molar-refractivity contribution in [2.45, 2.75) is 6.54 Å². The Kier molecular flexibility index (Phi) is 3.20. The average molecular weight is 285 g/mol. The van der Waals surface area contributed by atoms with Gasteiger partial charge in [0.05, 0.1) is 18.3 Å². The van der Waals surface area contributed by atoms with Crippen LogP contribution in [-0.4, -0.2) is 14.8 Å². The molecule has 0 atom stereocenters. The van der Waals surface area contributed by atoms with Crippen molar-refractivity contribution in [1.29, 1.82) is 0 Å². The molecule has 0 radical (unpaired) electrons. The van der Waals surface area contributed by atoms with E-state index in [0.717, 1.165) is 10.9 Å². The Morgan fingerprint density at radius 3 is 2.85 bits per heavy atom. The van der Waals surface area contributed by atoms with Gasteiger partial charge >= 0.3 is 0 Å². The van der Waals surface area contributed by atoms with Gasteiger partial charge in [-0.25, -0.2) is 4.39 Å². The van der Waals surface area contributed by atoms with Crippen molar-refractivity contribution < 1.29 is 4.39 Å². The smallest absolute Gasteiger partial charge is 0.128 e. The molecule has 100 valence electrons. The molecule has 0 saturated carbocycles. The lowest BCUT2D eigenvalue weighted by molar-refractivity contribution is 0.590. The van der Waals surface area contributed by atoms with Gasteiger partial charge in [0.25, 0.3) is 0 Å². The van der Waals surface area contributed by atoms with Gasteiger partial charge in [0, 0.05) is 16.5 Å². The van der Waals surface area contributed by atoms with Gasteiger partial charge in [0.2, 0.25) is 0 Å². The van der Waals surface area contributed by atoms with Crippen LogP contribution in [0.4, 0.5) is 4.39 Å². The number of thiocarbonyl (C=S) groups is 1. The van der Waals surface area contributed by atoms with Crippen LogP contribution in [0.15, 0.2) is 48.7 Å². The highest BCUT2D eigenvalue weighted by Crippen LogP contribution is 2.17. The van der Waals surface area contributed by atoms with E-state index in [-0.39, 0.29) is 10.8 Å². The molecule has 0 fully saturated rings. The Morgan fingerprint density at radius 2 is 2.05 bits per heavy atom. The molecule has 2 N–H and O–H groups in total. The van der Waals surface area contributed by atoms with E-state index < -0.39 is 0 Å². The number of hydrogen-bond acceptors (Lipinski definition) is 2. The fourth-order valence-corrected chi connectivity index (χ4v) is 2.29. The Hall–Kier alpha value is -2.27. The fraction of sp³-hybridized carbons (Fsp3) is 0.0667. The Balaban J connectivity index is 2.02. The molecule has 0 aliphatic rings. The number of aromatic nitrogens is 2. The maximum Gasteiger partial charge on any atom is 0.128 e. The summed E-state index contributed by atoms with van der Waals surface area (Å²) in [6, 6.07) is 12.5. The summed E-state index contributed by atoms with van der Waals surface area (Å²) in [5.41, 5.74) is 7.73. The first-order valence-corrected chi connectivity index (χ1v) is 6.55. The van der Waals surface area contributed by atoms with Crippen molar-refractivity contribution in [2.75, 3.05) is 0 Å². The van der Waals surface area contributed by atoms with Gasteiger partial charge in [-0.05, 0) is 24.3 Å². The van der Waals surface area contributed by atoms with Crippen LogP contribution in [0.2, 0.25) is 0 Å². The van der Waals surface area contributed by atoms with Gasteiger partial charge < -0.3 is 5.73 Å². The zero-order valence-electron chi connectivity index (χ0n) is 10.6. The first-order valence-electron chi connectivity index (χ1n) is 6.14. The predicted octanol–water partition coefficient (Wildman–Crippen LogP) is 2.86. The third-order valence-corrected chi connectivity index (χ3v) is 3.44. The molecular formula is C15H12FN3S. The van der Waals surface area contributed by atoms with Gasteiger partial charge in [-0.1, -0.05) is 30.4 Å². The van der Waals surface area contributed by atoms with E-state index in [0.29, 0.717) is 17.7 Å². The molecule has 3 rings (SSSR count). The van der Waals surface area contributed by atoms with Crippen LogP contribution < -0.4 is 5.73 Å². The number of halogens is 1. The summed E-state index contributed by atoms with van der Waals surface area (Å²) < 4.78 is 15.7. The lowest BCUT2D eigenvalue weighted by Crippen LogP contribution is -2.11. The molecule has 20 heavy (non-hydrogen) atoms. The molecule has 2 aromatic carbocycles. The van der Waals surface area contributed by atoms with Crippen LogP contribution in [0.5, 0.6) is 0 Å². The van der Waals surface area contributed by atoms with Gasteiger partial charge in [-0.3, -0.25) is 4.68 Å². The number of hydrogen-bond donors (Lipinski definition) is 1. The molecule has 5 heteroatoms. The van der Waals surface area contributed by atoms with E-state index in [4.69, 9.17) is 18.0 Å². The van der Waals surface area contributed by atoms with Gasteiger partial charge in [0.15, 0.2) is 0 Å². The molecule has 0 amide bonds. The summed E-state index contributed by atoms with van der Waals surface area (Å²) in [5, 5.41) is 5.32. The van der Waals surface area contributed by atoms with E-state index in [1.54, 1.807) is 23.0 Å². The second-order valence-electron chi connectivity index (χ2n) is 4.53. The second-order valence-corrected chi connectivity index (χ2v) is 4.97. The lowest BCUT2D eigenvalue weighted by atomic mass is 10.1. The summed E-state index contributed by atoms with van der Waals surface area (Å²) in [6.45, 7) is 0.343. The minimum atomic E-state index is -0.287. The van der Waals surface area contributed by atoms with Crippen molar-refractivity contribution in [2.24, 2.45) is 5.73 Å². The molecule has 3 nitrogen and oxygen atoms in total. The molecule has 1 aromatic heterocycles. The van der Waals surface area contributed by atoms with E-state index in [1.807, 2.05) is 24.3 Å². The van der Waals surface area contributed by atoms with Crippen molar-refractivity contribution >= 4 is 28.1 Å². The van der Waals surface area contributed by atoms with Crippen molar-refractivity contribution in [3.05, 3.63) is 65.6 Å². The fourth-order valence-electron chi connectivity index (χ4n) is 2.16. The highest BCUT2D eigenvalue weighted by molar-refractivity contribution is 7.80. The largest absolute Gasteiger partial charge is 0.389 e. The Bertz CT molecular complexity index is 795. The number of rotatable bonds is 3. The number of para-hydroxylation sites is 1. The van der Waals surface area contributed by atoms with E-state index in [2.05, 4.69) is 5.10 Å². The number of nitrogens with two attached hydrogens (primary N) is 1. The standard InChI is InChI=1S/C15H12FN3S/c16-13-6-5-10(15(17)20)7-12(13)9-19-14-4-2-1-3-11(14)8-18-19/h1-8H,9H2,(H2,17,20). The topological polar surface area (TPSA) is 43.8 Å². The maximum atomic E-state index is 13.9. The highest BCUT2D eigenvalue weighted by Gasteiger charge is 2.08. The number of fused-ring (bicyclic) bond motifs is 1. The molecule has 1 heterocycles. The summed E-state index contributed by atoms with van der Waals surface area (Å²) in [6.07, 6.45) is 1.77. The van der Waals surface area contributed by atoms with Crippen molar-refractivity contribution in [3.8, 4) is 0 Å². The second kappa shape index (κ2) is 5.02. The summed E-state index contributed by atoms with van der Waals surface area (Å²) >= 11 is 4.92. The number of benzene rings is 2. The molecule has 0 aliphatic carbocycles. The van der Waals surface area contributed by atoms with Gasteiger partial charge in [0.1, 0.15) is 10.8 Å². The minimum Gasteiger partial charge on any atom is -0.389 e. The summed E-state index contributed by atoms with van der Waals surface area (Å²) in [5.74, 6) is -0.287. The zero-order chi connectivity index (χ0) is 14.1. The van der Waals surface area contributed by atoms with Crippen LogP contribution in [-0.2, 0) is 6.54 Å². The summed E-state index contributed by atoms with van der Waals surface area (Å²) in [4.78, 5) is 0.261. The quantitative estimate of drug-likeness (QED) is 0.753. The predicted molar refractivity (Wildman–Crippen MR) is 81.1 cm³/mol. The first-order chi connectivity index (χ1) is 9.65. The molecule has 0 bridgehead atoms. The zero-order valence-corrected chi connectivity index (χ0v) is 11.4. The Morgan fingerprint density at radius 1 is 1.25 bits per heavy atom. The molecular weight excluding hydrogens is 273 g/mol. The average Bonchev–Trinajstić information content (AvgIpc) is 2.84. The van der Waals surface area contributed by atoms with Crippen LogP contribution in [0, 0.1) is 5.82 Å². The third kappa shape index (κ3) is 2.28. The number of nitrogens with zero attached hydrogens (tertiary/aromatic N) is 2. The molecule has 3 aromatic rings. The van der Waals surface area contributed by atoms with E-state index >= 15 is 0 Å². The Labute approximate surface area is 120 Å². The SMILES string of the molecule is NC(=S)c1ccc(F)c(Cn2ncc3ccccc32)c1. The van der Waals surface area contributed by atoms with Gasteiger partial charge in [-0.2, -0.15) is 5.10 Å². The van der Waals surface area contributed by atoms with E-state index in [1.165, 1.54) is 6.07 Å². The first kappa shape index (κ1) is 12.7. The van der Waals surface area contributed by atoms with Crippen LogP contribution >= 0.6 is 12.2 Å². The normalized spacial score (nSPS) is 10.8. The lowest BCUT2D eigenvalue weighted by Gasteiger charge is -2.07. The molecule has 0 spiro atoms. The van der Waals surface area contributed by atoms with Crippen LogP contribution in [0.25, 0.3) is 10.9 Å². The highest BCUT2D eigenvalue weighted by atomic mass is 32.1. The van der Waals surface area contributed by atoms with Crippen molar-refractivity contribution in [1.82, 2.24) is 9.78 Å². The molecule has 0 unspecified atom stereocenters. The summed E-state index contributed by atoms with van der Waals surface area (Å²) in [7, 11) is 0. The van der Waals surface area contributed by atoms with Crippen LogP contribution in [0.3, 0.4) is 0 Å². The molecule has 0 saturated heterocycles. The maximum absolute atomic E-state index is 13.9. The van der Waals surface area contributed by atoms with Crippen molar-refractivity contribution in [3.63, 3.8) is 0 Å². The van der Waals surface area contributed by atoms with Crippen LogP contribution in [0.1, 0.15) is 11.1 Å².